The minimum absolute atomic E-state index is 0.0409. The maximum atomic E-state index is 12.3. The van der Waals surface area contributed by atoms with Crippen LogP contribution >= 0.6 is 11.9 Å². The third kappa shape index (κ3) is 6.26. The van der Waals surface area contributed by atoms with Crippen LogP contribution in [0.1, 0.15) is 31.4 Å². The Kier molecular flexibility index (Phi) is 8.98. The molecule has 7 heteroatoms. The molecule has 1 fully saturated rings. The standard InChI is InChI=1S/C25H32N4O2S/c1-4-24(30)26-14-15-27-25(31)18-29(32-3)21-12-16-28(17-13-21)19(2)22-11-7-9-20-8-5-6-10-23(20)22/h1,5-11,19,21H,12-18H2,2-3H3,(H,26,30)(H,27,31). The molecule has 0 saturated carbocycles. The van der Waals surface area contributed by atoms with Crippen molar-refractivity contribution < 1.29 is 9.59 Å². The number of carbonyl (C=O) groups is 2. The second-order valence-electron chi connectivity index (χ2n) is 8.02. The molecule has 1 saturated heterocycles. The minimum Gasteiger partial charge on any atom is -0.353 e. The Hall–Kier alpha value is -2.53. The number of amides is 2. The zero-order chi connectivity index (χ0) is 22.9. The van der Waals surface area contributed by atoms with Gasteiger partial charge in [0.1, 0.15) is 0 Å². The summed E-state index contributed by atoms with van der Waals surface area (Å²) in [6.45, 7) is 5.35. The van der Waals surface area contributed by atoms with E-state index < -0.39 is 5.91 Å². The van der Waals surface area contributed by atoms with Crippen LogP contribution in [0.2, 0.25) is 0 Å². The molecule has 0 aliphatic carbocycles. The quantitative estimate of drug-likeness (QED) is 0.348. The summed E-state index contributed by atoms with van der Waals surface area (Å²) in [5.74, 6) is 1.49. The highest BCUT2D eigenvalue weighted by molar-refractivity contribution is 7.96. The summed E-state index contributed by atoms with van der Waals surface area (Å²) in [4.78, 5) is 25.9. The Labute approximate surface area is 195 Å². The average molecular weight is 453 g/mol. The summed E-state index contributed by atoms with van der Waals surface area (Å²) in [6, 6.07) is 15.8. The number of benzene rings is 2. The fourth-order valence-corrected chi connectivity index (χ4v) is 5.10. The second-order valence-corrected chi connectivity index (χ2v) is 8.85. The number of hydrogen-bond donors (Lipinski definition) is 2. The molecule has 2 aromatic rings. The number of rotatable bonds is 9. The first-order valence-corrected chi connectivity index (χ1v) is 12.2. The van der Waals surface area contributed by atoms with Gasteiger partial charge in [-0.25, -0.2) is 4.31 Å². The van der Waals surface area contributed by atoms with Crippen LogP contribution in [-0.4, -0.2) is 66.0 Å². The van der Waals surface area contributed by atoms with E-state index in [0.29, 0.717) is 31.7 Å². The van der Waals surface area contributed by atoms with Gasteiger partial charge in [0.05, 0.1) is 6.54 Å². The lowest BCUT2D eigenvalue weighted by Gasteiger charge is -2.40. The molecule has 0 radical (unpaired) electrons. The van der Waals surface area contributed by atoms with E-state index in [9.17, 15) is 9.59 Å². The average Bonchev–Trinajstić information content (AvgIpc) is 2.84. The summed E-state index contributed by atoms with van der Waals surface area (Å²) in [6.07, 6.45) is 9.08. The molecule has 0 spiro atoms. The summed E-state index contributed by atoms with van der Waals surface area (Å²) in [5.41, 5.74) is 1.37. The first-order valence-electron chi connectivity index (χ1n) is 11.1. The molecular formula is C25H32N4O2S. The number of likely N-dealkylation sites (tertiary alicyclic amines) is 1. The molecule has 0 bridgehead atoms. The Morgan fingerprint density at radius 3 is 2.56 bits per heavy atom. The molecule has 2 amide bonds. The maximum Gasteiger partial charge on any atom is 0.295 e. The van der Waals surface area contributed by atoms with Crippen LogP contribution in [0.3, 0.4) is 0 Å². The minimum atomic E-state index is -0.463. The fourth-order valence-electron chi connectivity index (χ4n) is 4.34. The van der Waals surface area contributed by atoms with Gasteiger partial charge in [0, 0.05) is 38.3 Å². The normalized spacial score (nSPS) is 15.9. The maximum absolute atomic E-state index is 12.3. The summed E-state index contributed by atoms with van der Waals surface area (Å²) >= 11 is 1.62. The molecule has 0 aromatic heterocycles. The third-order valence-electron chi connectivity index (χ3n) is 6.13. The second kappa shape index (κ2) is 11.9. The van der Waals surface area contributed by atoms with E-state index in [-0.39, 0.29) is 5.91 Å². The molecule has 3 rings (SSSR count). The summed E-state index contributed by atoms with van der Waals surface area (Å²) in [7, 11) is 0. The van der Waals surface area contributed by atoms with Gasteiger partial charge >= 0.3 is 0 Å². The highest BCUT2D eigenvalue weighted by Gasteiger charge is 2.28. The highest BCUT2D eigenvalue weighted by atomic mass is 32.2. The van der Waals surface area contributed by atoms with E-state index in [2.05, 4.69) is 69.2 Å². The van der Waals surface area contributed by atoms with Crippen LogP contribution in [-0.2, 0) is 9.59 Å². The zero-order valence-corrected chi connectivity index (χ0v) is 19.7. The third-order valence-corrected chi connectivity index (χ3v) is 7.02. The van der Waals surface area contributed by atoms with Crippen LogP contribution in [0, 0.1) is 12.3 Å². The molecular weight excluding hydrogens is 420 g/mol. The highest BCUT2D eigenvalue weighted by Crippen LogP contribution is 2.31. The van der Waals surface area contributed by atoms with Gasteiger partial charge in [-0.2, -0.15) is 0 Å². The molecule has 32 heavy (non-hydrogen) atoms. The summed E-state index contributed by atoms with van der Waals surface area (Å²) in [5, 5.41) is 8.00. The molecule has 170 valence electrons. The van der Waals surface area contributed by atoms with Crippen molar-refractivity contribution in [1.29, 1.82) is 0 Å². The SMILES string of the molecule is C#CC(=O)NCCNC(=O)CN(SC)C1CCN(C(C)c2cccc3ccccc23)CC1. The molecule has 1 aliphatic rings. The number of carbonyl (C=O) groups excluding carboxylic acids is 2. The Morgan fingerprint density at radius 1 is 1.16 bits per heavy atom. The predicted octanol–water partition coefficient (Wildman–Crippen LogP) is 2.81. The molecule has 1 aliphatic heterocycles. The van der Waals surface area contributed by atoms with Crippen molar-refractivity contribution in [3.8, 4) is 12.3 Å². The van der Waals surface area contributed by atoms with Crippen LogP contribution in [0.5, 0.6) is 0 Å². The van der Waals surface area contributed by atoms with E-state index in [1.807, 2.05) is 12.2 Å². The van der Waals surface area contributed by atoms with E-state index >= 15 is 0 Å². The van der Waals surface area contributed by atoms with Crippen molar-refractivity contribution in [1.82, 2.24) is 19.8 Å². The Bertz CT molecular complexity index is 961. The van der Waals surface area contributed by atoms with Gasteiger partial charge in [0.2, 0.25) is 5.91 Å². The first-order chi connectivity index (χ1) is 15.5. The monoisotopic (exact) mass is 452 g/mol. The number of terminal acetylenes is 1. The Balaban J connectivity index is 1.49. The van der Waals surface area contributed by atoms with Crippen molar-refractivity contribution in [2.75, 3.05) is 39.0 Å². The lowest BCUT2D eigenvalue weighted by Crippen LogP contribution is -2.46. The number of piperidine rings is 1. The number of fused-ring (bicyclic) bond motifs is 1. The number of nitrogens with one attached hydrogen (secondary N) is 2. The fraction of sp³-hybridized carbons (Fsp3) is 0.440. The summed E-state index contributed by atoms with van der Waals surface area (Å²) < 4.78 is 2.18. The number of nitrogens with zero attached hydrogens (tertiary/aromatic N) is 2. The topological polar surface area (TPSA) is 64.7 Å². The molecule has 2 N–H and O–H groups in total. The molecule has 1 heterocycles. The van der Waals surface area contributed by atoms with Crippen LogP contribution in [0.4, 0.5) is 0 Å². The van der Waals surface area contributed by atoms with Gasteiger partial charge in [0.25, 0.3) is 5.91 Å². The lowest BCUT2D eigenvalue weighted by molar-refractivity contribution is -0.122. The van der Waals surface area contributed by atoms with Crippen molar-refractivity contribution in [3.63, 3.8) is 0 Å². The van der Waals surface area contributed by atoms with Crippen molar-refractivity contribution in [2.24, 2.45) is 0 Å². The Morgan fingerprint density at radius 2 is 1.84 bits per heavy atom. The van der Waals surface area contributed by atoms with E-state index in [4.69, 9.17) is 6.42 Å². The zero-order valence-electron chi connectivity index (χ0n) is 18.8. The van der Waals surface area contributed by atoms with Gasteiger partial charge in [-0.15, -0.1) is 6.42 Å². The van der Waals surface area contributed by atoms with Gasteiger partial charge in [-0.05, 0) is 48.3 Å². The van der Waals surface area contributed by atoms with Gasteiger partial charge in [-0.1, -0.05) is 54.4 Å². The predicted molar refractivity (Wildman–Crippen MR) is 132 cm³/mol. The van der Waals surface area contributed by atoms with Crippen molar-refractivity contribution in [3.05, 3.63) is 48.0 Å². The van der Waals surface area contributed by atoms with Gasteiger partial charge in [-0.3, -0.25) is 14.5 Å². The van der Waals surface area contributed by atoms with E-state index in [1.54, 1.807) is 11.9 Å². The van der Waals surface area contributed by atoms with E-state index in [0.717, 1.165) is 25.9 Å². The molecule has 2 aromatic carbocycles. The largest absolute Gasteiger partial charge is 0.353 e. The van der Waals surface area contributed by atoms with Crippen LogP contribution in [0.25, 0.3) is 10.8 Å². The molecule has 1 unspecified atom stereocenters. The van der Waals surface area contributed by atoms with Gasteiger partial charge < -0.3 is 10.6 Å². The first kappa shape index (κ1) is 24.1. The molecule has 6 nitrogen and oxygen atoms in total. The molecule has 1 atom stereocenters. The number of hydrogen-bond acceptors (Lipinski definition) is 5. The van der Waals surface area contributed by atoms with Gasteiger partial charge in [0.15, 0.2) is 0 Å². The van der Waals surface area contributed by atoms with Crippen molar-refractivity contribution in [2.45, 2.75) is 31.8 Å². The van der Waals surface area contributed by atoms with Crippen LogP contribution < -0.4 is 10.6 Å². The van der Waals surface area contributed by atoms with Crippen LogP contribution in [0.15, 0.2) is 42.5 Å². The van der Waals surface area contributed by atoms with E-state index in [1.165, 1.54) is 16.3 Å². The van der Waals surface area contributed by atoms with Crippen molar-refractivity contribution >= 4 is 34.5 Å². The smallest absolute Gasteiger partial charge is 0.295 e. The lowest BCUT2D eigenvalue weighted by atomic mass is 9.96.